The maximum Gasteiger partial charge on any atom is 0.271 e. The highest BCUT2D eigenvalue weighted by molar-refractivity contribution is 7.89. The van der Waals surface area contributed by atoms with E-state index in [0.29, 0.717) is 11.1 Å². The zero-order chi connectivity index (χ0) is 20.4. The average Bonchev–Trinajstić information content (AvgIpc) is 2.58. The van der Waals surface area contributed by atoms with E-state index < -0.39 is 14.9 Å². The fourth-order valence-corrected chi connectivity index (χ4v) is 4.22. The first-order valence-electron chi connectivity index (χ1n) is 8.51. The third-order valence-electron chi connectivity index (χ3n) is 4.66. The summed E-state index contributed by atoms with van der Waals surface area (Å²) >= 11 is 0. The molecule has 1 unspecified atom stereocenters. The molecule has 0 heterocycles. The lowest BCUT2D eigenvalue weighted by Gasteiger charge is -2.25. The Bertz CT molecular complexity index is 938. The van der Waals surface area contributed by atoms with Crippen LogP contribution in [-0.4, -0.2) is 38.9 Å². The van der Waals surface area contributed by atoms with Gasteiger partial charge in [-0.15, -0.1) is 0 Å². The monoisotopic (exact) mass is 391 g/mol. The predicted octanol–water partition coefficient (Wildman–Crippen LogP) is 3.10. The first kappa shape index (κ1) is 21.0. The van der Waals surface area contributed by atoms with Crippen LogP contribution in [0.3, 0.4) is 0 Å². The Labute approximate surface area is 160 Å². The summed E-state index contributed by atoms with van der Waals surface area (Å²) in [6.07, 6.45) is 0. The predicted molar refractivity (Wildman–Crippen MR) is 105 cm³/mol. The Hall–Kier alpha value is -2.29. The molecule has 0 aliphatic rings. The van der Waals surface area contributed by atoms with Gasteiger partial charge in [-0.05, 0) is 51.6 Å². The van der Waals surface area contributed by atoms with E-state index in [4.69, 9.17) is 0 Å². The smallest absolute Gasteiger partial charge is 0.271 e. The van der Waals surface area contributed by atoms with Gasteiger partial charge in [0.25, 0.3) is 5.69 Å². The molecule has 0 aliphatic heterocycles. The highest BCUT2D eigenvalue weighted by Crippen LogP contribution is 2.26. The summed E-state index contributed by atoms with van der Waals surface area (Å²) in [5.74, 6) is 0. The zero-order valence-corrected chi connectivity index (χ0v) is 17.0. The Morgan fingerprint density at radius 1 is 1.11 bits per heavy atom. The second kappa shape index (κ2) is 8.16. The van der Waals surface area contributed by atoms with Crippen molar-refractivity contribution in [3.63, 3.8) is 0 Å². The summed E-state index contributed by atoms with van der Waals surface area (Å²) in [7, 11) is -0.142. The number of nitro benzene ring substituents is 1. The molecule has 0 saturated heterocycles. The molecule has 0 radical (unpaired) electrons. The largest absolute Gasteiger partial charge is 0.301 e. The molecule has 8 heteroatoms. The van der Waals surface area contributed by atoms with Gasteiger partial charge in [-0.2, -0.15) is 0 Å². The van der Waals surface area contributed by atoms with Crippen LogP contribution in [-0.2, 0) is 10.0 Å². The summed E-state index contributed by atoms with van der Waals surface area (Å²) in [6.45, 7) is 5.46. The van der Waals surface area contributed by atoms with E-state index in [2.05, 4.69) is 4.72 Å². The highest BCUT2D eigenvalue weighted by Gasteiger charge is 2.24. The van der Waals surface area contributed by atoms with E-state index in [1.807, 2.05) is 50.2 Å². The van der Waals surface area contributed by atoms with Crippen molar-refractivity contribution in [2.24, 2.45) is 0 Å². The van der Waals surface area contributed by atoms with Crippen molar-refractivity contribution in [2.45, 2.75) is 31.7 Å². The Kier molecular flexibility index (Phi) is 6.35. The van der Waals surface area contributed by atoms with Gasteiger partial charge in [0.05, 0.1) is 9.82 Å². The molecule has 27 heavy (non-hydrogen) atoms. The third-order valence-corrected chi connectivity index (χ3v) is 6.21. The molecule has 0 aromatic heterocycles. The molecular weight excluding hydrogens is 366 g/mol. The van der Waals surface area contributed by atoms with Crippen molar-refractivity contribution in [1.29, 1.82) is 0 Å². The van der Waals surface area contributed by atoms with Gasteiger partial charge in [0.15, 0.2) is 0 Å². The first-order valence-corrected chi connectivity index (χ1v) is 9.99. The number of sulfonamides is 1. The lowest BCUT2D eigenvalue weighted by Crippen LogP contribution is -2.35. The molecule has 2 rings (SSSR count). The van der Waals surface area contributed by atoms with Crippen LogP contribution >= 0.6 is 0 Å². The first-order chi connectivity index (χ1) is 12.5. The average molecular weight is 391 g/mol. The highest BCUT2D eigenvalue weighted by atomic mass is 32.2. The Morgan fingerprint density at radius 2 is 1.70 bits per heavy atom. The van der Waals surface area contributed by atoms with Crippen LogP contribution in [0.4, 0.5) is 5.69 Å². The molecule has 0 aliphatic carbocycles. The van der Waals surface area contributed by atoms with E-state index in [9.17, 15) is 18.5 Å². The SMILES string of the molecule is Cc1ccc(C(CNS(=O)(=O)c2cc([N+](=O)[O-])cc(C)c2C)N(C)C)cc1. The van der Waals surface area contributed by atoms with Crippen molar-refractivity contribution < 1.29 is 13.3 Å². The molecule has 0 fully saturated rings. The molecule has 0 saturated carbocycles. The molecule has 146 valence electrons. The number of aryl methyl sites for hydroxylation is 2. The molecule has 2 aromatic rings. The fraction of sp³-hybridized carbons (Fsp3) is 0.368. The second-order valence-corrected chi connectivity index (χ2v) is 8.62. The Morgan fingerprint density at radius 3 is 2.22 bits per heavy atom. The number of likely N-dealkylation sites (N-methyl/N-ethyl adjacent to an activating group) is 1. The topological polar surface area (TPSA) is 92.5 Å². The van der Waals surface area contributed by atoms with Gasteiger partial charge in [0, 0.05) is 24.7 Å². The van der Waals surface area contributed by atoms with Gasteiger partial charge >= 0.3 is 0 Å². The maximum absolute atomic E-state index is 12.8. The van der Waals surface area contributed by atoms with Gasteiger partial charge in [0.2, 0.25) is 10.0 Å². The fourth-order valence-electron chi connectivity index (χ4n) is 2.85. The van der Waals surface area contributed by atoms with Crippen LogP contribution in [0.25, 0.3) is 0 Å². The van der Waals surface area contributed by atoms with Gasteiger partial charge in [-0.25, -0.2) is 13.1 Å². The van der Waals surface area contributed by atoms with E-state index in [1.165, 1.54) is 6.07 Å². The summed E-state index contributed by atoms with van der Waals surface area (Å²) in [5, 5.41) is 11.1. The molecule has 0 spiro atoms. The molecule has 1 N–H and O–H groups in total. The number of nitrogens with zero attached hydrogens (tertiary/aromatic N) is 2. The number of nitro groups is 1. The van der Waals surface area contributed by atoms with E-state index in [1.54, 1.807) is 13.8 Å². The van der Waals surface area contributed by atoms with Crippen LogP contribution in [0.5, 0.6) is 0 Å². The molecule has 2 aromatic carbocycles. The number of hydrogen-bond acceptors (Lipinski definition) is 5. The maximum atomic E-state index is 12.8. The minimum absolute atomic E-state index is 0.0596. The molecule has 1 atom stereocenters. The van der Waals surface area contributed by atoms with E-state index in [0.717, 1.165) is 17.2 Å². The van der Waals surface area contributed by atoms with Gasteiger partial charge in [-0.3, -0.25) is 10.1 Å². The normalized spacial score (nSPS) is 13.0. The summed E-state index contributed by atoms with van der Waals surface area (Å²) in [4.78, 5) is 12.4. The van der Waals surface area contributed by atoms with Crippen LogP contribution in [0.15, 0.2) is 41.3 Å². The molecule has 0 amide bonds. The second-order valence-electron chi connectivity index (χ2n) is 6.88. The van der Waals surface area contributed by atoms with Crippen molar-refractivity contribution in [3.05, 3.63) is 68.8 Å². The molecular formula is C19H25N3O4S. The number of non-ortho nitro benzene ring substituents is 1. The number of rotatable bonds is 7. The zero-order valence-electron chi connectivity index (χ0n) is 16.2. The van der Waals surface area contributed by atoms with E-state index in [-0.39, 0.29) is 23.2 Å². The van der Waals surface area contributed by atoms with Crippen molar-refractivity contribution in [1.82, 2.24) is 9.62 Å². The van der Waals surface area contributed by atoms with Crippen LogP contribution in [0, 0.1) is 30.9 Å². The number of benzene rings is 2. The lowest BCUT2D eigenvalue weighted by atomic mass is 10.0. The minimum Gasteiger partial charge on any atom is -0.301 e. The third kappa shape index (κ3) is 4.91. The summed E-state index contributed by atoms with van der Waals surface area (Å²) in [6, 6.07) is 10.2. The van der Waals surface area contributed by atoms with Crippen molar-refractivity contribution >= 4 is 15.7 Å². The van der Waals surface area contributed by atoms with Crippen LogP contribution < -0.4 is 4.72 Å². The van der Waals surface area contributed by atoms with E-state index >= 15 is 0 Å². The van der Waals surface area contributed by atoms with Crippen molar-refractivity contribution in [2.75, 3.05) is 20.6 Å². The van der Waals surface area contributed by atoms with Crippen LogP contribution in [0.1, 0.15) is 28.3 Å². The standard InChI is InChI=1S/C19H25N3O4S/c1-13-6-8-16(9-7-13)18(21(4)5)12-20-27(25,26)19-11-17(22(23)24)10-14(2)15(19)3/h6-11,18,20H,12H2,1-5H3. The van der Waals surface area contributed by atoms with Crippen LogP contribution in [0.2, 0.25) is 0 Å². The quantitative estimate of drug-likeness (QED) is 0.578. The Balaban J connectivity index is 2.32. The molecule has 0 bridgehead atoms. The minimum atomic E-state index is -3.90. The van der Waals surface area contributed by atoms with Gasteiger partial charge in [0.1, 0.15) is 0 Å². The van der Waals surface area contributed by atoms with Gasteiger partial charge in [-0.1, -0.05) is 29.8 Å². The number of nitrogens with one attached hydrogen (secondary N) is 1. The number of hydrogen-bond donors (Lipinski definition) is 1. The lowest BCUT2D eigenvalue weighted by molar-refractivity contribution is -0.385. The molecule has 7 nitrogen and oxygen atoms in total. The van der Waals surface area contributed by atoms with Crippen molar-refractivity contribution in [3.8, 4) is 0 Å². The summed E-state index contributed by atoms with van der Waals surface area (Å²) < 4.78 is 28.3. The summed E-state index contributed by atoms with van der Waals surface area (Å²) in [5.41, 5.74) is 2.94. The van der Waals surface area contributed by atoms with Gasteiger partial charge < -0.3 is 4.90 Å².